The fourth-order valence-electron chi connectivity index (χ4n) is 0.772. The summed E-state index contributed by atoms with van der Waals surface area (Å²) in [5.74, 6) is 0. The van der Waals surface area contributed by atoms with Crippen LogP contribution in [0, 0.1) is 0 Å². The smallest absolute Gasteiger partial charge is 0.272 e. The Kier molecular flexibility index (Phi) is 4.30. The van der Waals surface area contributed by atoms with E-state index in [9.17, 15) is 4.57 Å². The predicted octanol–water partition coefficient (Wildman–Crippen LogP) is 2.23. The zero-order valence-corrected chi connectivity index (χ0v) is 8.81. The Bertz CT molecular complexity index is 157. The molecule has 0 saturated heterocycles. The topological polar surface area (TPSA) is 38.3 Å². The van der Waals surface area contributed by atoms with Crippen LogP contribution in [-0.2, 0) is 9.09 Å². The van der Waals surface area contributed by atoms with Crippen molar-refractivity contribution >= 4 is 7.52 Å². The third-order valence-corrected chi connectivity index (χ3v) is 4.17. The molecule has 1 atom stereocenters. The summed E-state index contributed by atoms with van der Waals surface area (Å²) >= 11 is 0. The third kappa shape index (κ3) is 3.37. The molecule has 1 N–H and O–H groups in total. The molecule has 0 aromatic rings. The van der Waals surface area contributed by atoms with Gasteiger partial charge in [0, 0.05) is 18.8 Å². The second-order valence-corrected chi connectivity index (χ2v) is 6.01. The molecular weight excluding hydrogens is 161 g/mol. The Morgan fingerprint density at radius 3 is 1.82 bits per heavy atom. The van der Waals surface area contributed by atoms with Gasteiger partial charge in [-0.05, 0) is 13.8 Å². The Labute approximate surface area is 69.0 Å². The summed E-state index contributed by atoms with van der Waals surface area (Å²) in [6, 6.07) is 0.197. The van der Waals surface area contributed by atoms with E-state index in [2.05, 4.69) is 5.09 Å². The summed E-state index contributed by atoms with van der Waals surface area (Å²) in [6.45, 7) is 7.68. The normalized spacial score (nSPS) is 17.4. The first-order valence-electron chi connectivity index (χ1n) is 3.85. The van der Waals surface area contributed by atoms with Crippen LogP contribution < -0.4 is 5.09 Å². The van der Waals surface area contributed by atoms with Crippen LogP contribution in [0.4, 0.5) is 0 Å². The van der Waals surface area contributed by atoms with Crippen molar-refractivity contribution in [1.29, 1.82) is 0 Å². The maximum atomic E-state index is 11.8. The monoisotopic (exact) mass is 179 g/mol. The molecule has 0 rings (SSSR count). The first kappa shape index (κ1) is 11.2. The van der Waals surface area contributed by atoms with Crippen LogP contribution in [-0.4, -0.2) is 18.8 Å². The van der Waals surface area contributed by atoms with E-state index >= 15 is 0 Å². The van der Waals surface area contributed by atoms with E-state index < -0.39 is 7.52 Å². The Morgan fingerprint density at radius 1 is 1.27 bits per heavy atom. The lowest BCUT2D eigenvalue weighted by molar-refractivity contribution is 0.370. The van der Waals surface area contributed by atoms with Gasteiger partial charge in [-0.15, -0.1) is 0 Å². The van der Waals surface area contributed by atoms with Gasteiger partial charge in [-0.1, -0.05) is 13.8 Å². The fourth-order valence-corrected chi connectivity index (χ4v) is 2.32. The second-order valence-electron chi connectivity index (χ2n) is 3.16. The lowest BCUT2D eigenvalue weighted by atomic mass is 10.4. The molecule has 0 amide bonds. The molecule has 0 saturated carbocycles. The van der Waals surface area contributed by atoms with Crippen LogP contribution in [0.3, 0.4) is 0 Å². The molecule has 0 aliphatic rings. The van der Waals surface area contributed by atoms with E-state index in [4.69, 9.17) is 4.52 Å². The van der Waals surface area contributed by atoms with Crippen molar-refractivity contribution in [2.45, 2.75) is 39.4 Å². The molecule has 3 nitrogen and oxygen atoms in total. The van der Waals surface area contributed by atoms with Crippen LogP contribution in [0.1, 0.15) is 27.7 Å². The van der Waals surface area contributed by atoms with E-state index in [0.717, 1.165) is 0 Å². The molecular formula is C7H18NO2P. The first-order valence-corrected chi connectivity index (χ1v) is 5.55. The average Bonchev–Trinajstić information content (AvgIpc) is 1.86. The molecule has 0 bridgehead atoms. The number of nitrogens with one attached hydrogen (secondary N) is 1. The molecule has 0 radical (unpaired) electrons. The summed E-state index contributed by atoms with van der Waals surface area (Å²) in [5.41, 5.74) is 0.0369. The van der Waals surface area contributed by atoms with E-state index in [1.54, 1.807) is 0 Å². The third-order valence-electron chi connectivity index (χ3n) is 1.39. The maximum absolute atomic E-state index is 11.8. The summed E-state index contributed by atoms with van der Waals surface area (Å²) in [6.07, 6.45) is 0. The van der Waals surface area contributed by atoms with Gasteiger partial charge >= 0.3 is 0 Å². The zero-order chi connectivity index (χ0) is 9.07. The van der Waals surface area contributed by atoms with Gasteiger partial charge < -0.3 is 4.52 Å². The lowest BCUT2D eigenvalue weighted by Gasteiger charge is -2.22. The quantitative estimate of drug-likeness (QED) is 0.672. The van der Waals surface area contributed by atoms with Gasteiger partial charge in [-0.2, -0.15) is 0 Å². The number of hydrogen-bond donors (Lipinski definition) is 1. The summed E-state index contributed by atoms with van der Waals surface area (Å²) in [5, 5.41) is 2.94. The minimum Gasteiger partial charge on any atom is -0.321 e. The van der Waals surface area contributed by atoms with Crippen molar-refractivity contribution in [2.24, 2.45) is 0 Å². The van der Waals surface area contributed by atoms with E-state index in [0.29, 0.717) is 0 Å². The Morgan fingerprint density at radius 2 is 1.73 bits per heavy atom. The summed E-state index contributed by atoms with van der Waals surface area (Å²) < 4.78 is 16.7. The molecule has 0 aliphatic heterocycles. The highest BCUT2D eigenvalue weighted by atomic mass is 31.2. The van der Waals surface area contributed by atoms with Gasteiger partial charge in [0.1, 0.15) is 0 Å². The molecule has 0 aliphatic carbocycles. The van der Waals surface area contributed by atoms with Crippen molar-refractivity contribution in [1.82, 2.24) is 5.09 Å². The Hall–Kier alpha value is 0.150. The predicted molar refractivity (Wildman–Crippen MR) is 48.0 cm³/mol. The van der Waals surface area contributed by atoms with E-state index in [-0.39, 0.29) is 11.7 Å². The van der Waals surface area contributed by atoms with Crippen molar-refractivity contribution in [3.05, 3.63) is 0 Å². The van der Waals surface area contributed by atoms with Gasteiger partial charge in [0.05, 0.1) is 0 Å². The summed E-state index contributed by atoms with van der Waals surface area (Å²) in [7, 11) is -1.10. The number of rotatable bonds is 4. The van der Waals surface area contributed by atoms with Gasteiger partial charge in [-0.3, -0.25) is 4.57 Å². The molecule has 0 spiro atoms. The Balaban J connectivity index is 4.24. The van der Waals surface area contributed by atoms with Crippen molar-refractivity contribution in [3.8, 4) is 0 Å². The van der Waals surface area contributed by atoms with Gasteiger partial charge in [-0.25, -0.2) is 5.09 Å². The van der Waals surface area contributed by atoms with Gasteiger partial charge in [0.2, 0.25) is 0 Å². The molecule has 1 unspecified atom stereocenters. The van der Waals surface area contributed by atoms with Crippen LogP contribution >= 0.6 is 7.52 Å². The van der Waals surface area contributed by atoms with Crippen LogP contribution in [0.2, 0.25) is 0 Å². The summed E-state index contributed by atoms with van der Waals surface area (Å²) in [4.78, 5) is 0. The largest absolute Gasteiger partial charge is 0.321 e. The minimum absolute atomic E-state index is 0.0369. The zero-order valence-electron chi connectivity index (χ0n) is 7.92. The molecule has 68 valence electrons. The van der Waals surface area contributed by atoms with Crippen molar-refractivity contribution in [2.75, 3.05) is 7.11 Å². The van der Waals surface area contributed by atoms with Crippen LogP contribution in [0.25, 0.3) is 0 Å². The second kappa shape index (κ2) is 4.24. The SMILES string of the molecule is COP(=O)(NC(C)C)C(C)C. The molecule has 11 heavy (non-hydrogen) atoms. The van der Waals surface area contributed by atoms with Gasteiger partial charge in [0.25, 0.3) is 7.52 Å². The molecule has 0 aromatic carbocycles. The molecule has 4 heteroatoms. The number of hydrogen-bond acceptors (Lipinski definition) is 2. The fraction of sp³-hybridized carbons (Fsp3) is 1.00. The highest BCUT2D eigenvalue weighted by molar-refractivity contribution is 7.57. The first-order chi connectivity index (χ1) is 4.92. The molecule has 0 aromatic heterocycles. The standard InChI is InChI=1S/C7H18NO2P/c1-6(2)8-11(9,10-5)7(3)4/h6-7H,1-5H3,(H,8,9). The van der Waals surface area contributed by atoms with Gasteiger partial charge in [0.15, 0.2) is 0 Å². The lowest BCUT2D eigenvalue weighted by Crippen LogP contribution is -2.24. The van der Waals surface area contributed by atoms with E-state index in [1.807, 2.05) is 27.7 Å². The van der Waals surface area contributed by atoms with Crippen LogP contribution in [0.5, 0.6) is 0 Å². The highest BCUT2D eigenvalue weighted by Gasteiger charge is 2.26. The average molecular weight is 179 g/mol. The van der Waals surface area contributed by atoms with Crippen molar-refractivity contribution in [3.63, 3.8) is 0 Å². The molecule has 0 heterocycles. The van der Waals surface area contributed by atoms with E-state index in [1.165, 1.54) is 7.11 Å². The van der Waals surface area contributed by atoms with Crippen molar-refractivity contribution < 1.29 is 9.09 Å². The highest BCUT2D eigenvalue weighted by Crippen LogP contribution is 2.46. The minimum atomic E-state index is -2.58. The van der Waals surface area contributed by atoms with Crippen LogP contribution in [0.15, 0.2) is 0 Å². The molecule has 0 fully saturated rings. The maximum Gasteiger partial charge on any atom is 0.272 e.